The molecule has 7 heteroatoms. The number of aryl methyl sites for hydroxylation is 2. The van der Waals surface area contributed by atoms with E-state index in [2.05, 4.69) is 9.71 Å². The number of aromatic nitrogens is 2. The molecule has 1 unspecified atom stereocenters. The number of aliphatic hydroxyl groups excluding tert-OH is 1. The van der Waals surface area contributed by atoms with E-state index in [1.165, 1.54) is 6.20 Å². The van der Waals surface area contributed by atoms with Crippen LogP contribution in [0.1, 0.15) is 12.7 Å². The quantitative estimate of drug-likeness (QED) is 0.726. The van der Waals surface area contributed by atoms with Gasteiger partial charge in [-0.3, -0.25) is 0 Å². The lowest BCUT2D eigenvalue weighted by atomic mass is 10.4. The zero-order chi connectivity index (χ0) is 11.6. The predicted molar refractivity (Wildman–Crippen MR) is 54.8 cm³/mol. The molecule has 1 aromatic heterocycles. The molecule has 1 heterocycles. The highest BCUT2D eigenvalue weighted by Gasteiger charge is 2.20. The summed E-state index contributed by atoms with van der Waals surface area (Å²) in [7, 11) is -1.90. The minimum Gasteiger partial charge on any atom is -0.395 e. The second-order valence-corrected chi connectivity index (χ2v) is 5.10. The molecule has 0 aromatic carbocycles. The number of nitrogens with zero attached hydrogens (tertiary/aromatic N) is 2. The fraction of sp³-hybridized carbons (Fsp3) is 0.625. The van der Waals surface area contributed by atoms with Gasteiger partial charge in [-0.15, -0.1) is 0 Å². The van der Waals surface area contributed by atoms with Crippen LogP contribution in [0.4, 0.5) is 0 Å². The molecule has 0 spiro atoms. The number of aliphatic hydroxyl groups is 1. The molecule has 0 aliphatic rings. The Bertz CT molecular complexity index is 418. The van der Waals surface area contributed by atoms with Crippen molar-refractivity contribution in [2.24, 2.45) is 7.05 Å². The van der Waals surface area contributed by atoms with Crippen LogP contribution in [-0.2, 0) is 17.1 Å². The first-order chi connectivity index (χ1) is 6.86. The van der Waals surface area contributed by atoms with Gasteiger partial charge in [0, 0.05) is 19.3 Å². The largest absolute Gasteiger partial charge is 0.395 e. The number of hydrogen-bond acceptors (Lipinski definition) is 4. The molecule has 6 nitrogen and oxygen atoms in total. The van der Waals surface area contributed by atoms with Crippen molar-refractivity contribution < 1.29 is 13.5 Å². The van der Waals surface area contributed by atoms with E-state index in [1.807, 2.05) is 0 Å². The van der Waals surface area contributed by atoms with Crippen LogP contribution in [-0.4, -0.2) is 35.7 Å². The Morgan fingerprint density at radius 1 is 1.67 bits per heavy atom. The third-order valence-electron chi connectivity index (χ3n) is 1.99. The second-order valence-electron chi connectivity index (χ2n) is 3.44. The van der Waals surface area contributed by atoms with Crippen LogP contribution < -0.4 is 4.72 Å². The number of rotatable bonds is 4. The lowest BCUT2D eigenvalue weighted by Gasteiger charge is -2.08. The molecule has 1 atom stereocenters. The maximum absolute atomic E-state index is 11.7. The molecule has 15 heavy (non-hydrogen) atoms. The smallest absolute Gasteiger partial charge is 0.259 e. The number of hydrogen-bond donors (Lipinski definition) is 2. The van der Waals surface area contributed by atoms with E-state index in [-0.39, 0.29) is 11.6 Å². The van der Waals surface area contributed by atoms with Gasteiger partial charge in [0.15, 0.2) is 5.03 Å². The Balaban J connectivity index is 2.96. The van der Waals surface area contributed by atoms with Crippen LogP contribution in [0.15, 0.2) is 11.2 Å². The molecule has 1 aromatic rings. The van der Waals surface area contributed by atoms with E-state index in [1.54, 1.807) is 25.5 Å². The van der Waals surface area contributed by atoms with Crippen LogP contribution in [0.3, 0.4) is 0 Å². The van der Waals surface area contributed by atoms with E-state index in [4.69, 9.17) is 5.11 Å². The first-order valence-electron chi connectivity index (χ1n) is 4.50. The van der Waals surface area contributed by atoms with E-state index in [9.17, 15) is 8.42 Å². The summed E-state index contributed by atoms with van der Waals surface area (Å²) in [5.41, 5.74) is 0. The molecule has 0 aliphatic carbocycles. The van der Waals surface area contributed by atoms with Crippen molar-refractivity contribution in [1.82, 2.24) is 14.3 Å². The third kappa shape index (κ3) is 2.77. The average Bonchev–Trinajstić information content (AvgIpc) is 2.47. The van der Waals surface area contributed by atoms with Crippen molar-refractivity contribution in [3.8, 4) is 0 Å². The molecule has 1 rings (SSSR count). The van der Waals surface area contributed by atoms with Crippen LogP contribution in [0.25, 0.3) is 0 Å². The van der Waals surface area contributed by atoms with Crippen molar-refractivity contribution in [2.45, 2.75) is 24.9 Å². The summed E-state index contributed by atoms with van der Waals surface area (Å²) in [6.45, 7) is 3.05. The third-order valence-corrected chi connectivity index (χ3v) is 3.45. The monoisotopic (exact) mass is 233 g/mol. The highest BCUT2D eigenvalue weighted by atomic mass is 32.2. The first-order valence-corrected chi connectivity index (χ1v) is 5.98. The molecule has 86 valence electrons. The minimum absolute atomic E-state index is 0.0252. The lowest BCUT2D eigenvalue weighted by Crippen LogP contribution is -2.35. The molecule has 0 saturated carbocycles. The van der Waals surface area contributed by atoms with Gasteiger partial charge in [0.05, 0.1) is 6.61 Å². The van der Waals surface area contributed by atoms with Crippen molar-refractivity contribution in [2.75, 3.05) is 6.61 Å². The molecular formula is C8H15N3O3S. The van der Waals surface area contributed by atoms with Crippen molar-refractivity contribution in [1.29, 1.82) is 0 Å². The van der Waals surface area contributed by atoms with Gasteiger partial charge in [0.25, 0.3) is 10.0 Å². The topological polar surface area (TPSA) is 84.2 Å². The molecule has 0 fully saturated rings. The first kappa shape index (κ1) is 12.2. The van der Waals surface area contributed by atoms with Crippen molar-refractivity contribution in [3.05, 3.63) is 12.0 Å². The molecule has 0 aliphatic heterocycles. The van der Waals surface area contributed by atoms with Gasteiger partial charge in [-0.25, -0.2) is 18.1 Å². The zero-order valence-corrected chi connectivity index (χ0v) is 9.74. The van der Waals surface area contributed by atoms with E-state index < -0.39 is 16.1 Å². The molecule has 0 amide bonds. The normalized spacial score (nSPS) is 14.1. The molecule has 0 bridgehead atoms. The maximum atomic E-state index is 11.7. The number of nitrogens with one attached hydrogen (secondary N) is 1. The minimum atomic E-state index is -3.62. The summed E-state index contributed by atoms with van der Waals surface area (Å²) >= 11 is 0. The maximum Gasteiger partial charge on any atom is 0.259 e. The summed E-state index contributed by atoms with van der Waals surface area (Å²) in [6.07, 6.45) is 1.43. The SMILES string of the molecule is Cc1nc(S(=O)(=O)NC(C)CO)cn1C. The van der Waals surface area contributed by atoms with Crippen LogP contribution >= 0.6 is 0 Å². The van der Waals surface area contributed by atoms with Gasteiger partial charge < -0.3 is 9.67 Å². The van der Waals surface area contributed by atoms with Gasteiger partial charge >= 0.3 is 0 Å². The summed E-state index contributed by atoms with van der Waals surface area (Å²) < 4.78 is 27.3. The summed E-state index contributed by atoms with van der Waals surface area (Å²) in [4.78, 5) is 3.90. The summed E-state index contributed by atoms with van der Waals surface area (Å²) in [6, 6.07) is -0.516. The van der Waals surface area contributed by atoms with Crippen molar-refractivity contribution >= 4 is 10.0 Å². The van der Waals surface area contributed by atoms with Gasteiger partial charge in [-0.05, 0) is 13.8 Å². The van der Waals surface area contributed by atoms with E-state index in [0.29, 0.717) is 5.82 Å². The fourth-order valence-corrected chi connectivity index (χ4v) is 2.29. The van der Waals surface area contributed by atoms with Crippen molar-refractivity contribution in [3.63, 3.8) is 0 Å². The van der Waals surface area contributed by atoms with Gasteiger partial charge in [0.2, 0.25) is 0 Å². The second kappa shape index (κ2) is 4.30. The molecule has 2 N–H and O–H groups in total. The Morgan fingerprint density at radius 3 is 2.67 bits per heavy atom. The Kier molecular flexibility index (Phi) is 3.48. The van der Waals surface area contributed by atoms with Crippen LogP contribution in [0.5, 0.6) is 0 Å². The number of imidazole rings is 1. The lowest BCUT2D eigenvalue weighted by molar-refractivity contribution is 0.265. The van der Waals surface area contributed by atoms with Crippen LogP contribution in [0, 0.1) is 6.92 Å². The van der Waals surface area contributed by atoms with Gasteiger partial charge in [0.1, 0.15) is 5.82 Å². The van der Waals surface area contributed by atoms with Crippen LogP contribution in [0.2, 0.25) is 0 Å². The molecule has 0 saturated heterocycles. The Morgan fingerprint density at radius 2 is 2.27 bits per heavy atom. The summed E-state index contributed by atoms with van der Waals surface area (Å²) in [5.74, 6) is 0.618. The van der Waals surface area contributed by atoms with E-state index in [0.717, 1.165) is 0 Å². The molecule has 0 radical (unpaired) electrons. The summed E-state index contributed by atoms with van der Waals surface area (Å²) in [5, 5.41) is 8.73. The molecular weight excluding hydrogens is 218 g/mol. The van der Waals surface area contributed by atoms with Gasteiger partial charge in [-0.2, -0.15) is 0 Å². The predicted octanol–water partition coefficient (Wildman–Crippen LogP) is -0.612. The fourth-order valence-electron chi connectivity index (χ4n) is 1.02. The standard InChI is InChI=1S/C8H15N3O3S/c1-6(5-12)10-15(13,14)8-4-11(3)7(2)9-8/h4,6,10,12H,5H2,1-3H3. The highest BCUT2D eigenvalue weighted by molar-refractivity contribution is 7.89. The zero-order valence-electron chi connectivity index (χ0n) is 8.93. The van der Waals surface area contributed by atoms with E-state index >= 15 is 0 Å². The Labute approximate surface area is 89.0 Å². The number of sulfonamides is 1. The average molecular weight is 233 g/mol. The highest BCUT2D eigenvalue weighted by Crippen LogP contribution is 2.07. The Hall–Kier alpha value is -0.920. The van der Waals surface area contributed by atoms with Gasteiger partial charge in [-0.1, -0.05) is 0 Å².